The standard InChI is InChI=1S/C17H25NO3/c1-4-6-14(7-5-2)16(19)18-12-13-8-10-15(11-9-13)17(20)21-3/h8-11,14H,4-7,12H2,1-3H3,(H,18,19). The number of amides is 1. The van der Waals surface area contributed by atoms with Crippen LogP contribution in [0, 0.1) is 5.92 Å². The molecule has 4 heteroatoms. The minimum absolute atomic E-state index is 0.106. The first kappa shape index (κ1) is 17.2. The molecule has 0 fully saturated rings. The summed E-state index contributed by atoms with van der Waals surface area (Å²) in [6.07, 6.45) is 3.90. The number of carbonyl (C=O) groups is 2. The molecule has 21 heavy (non-hydrogen) atoms. The monoisotopic (exact) mass is 291 g/mol. The molecular weight excluding hydrogens is 266 g/mol. The average Bonchev–Trinajstić information content (AvgIpc) is 2.52. The van der Waals surface area contributed by atoms with Crippen LogP contribution in [0.5, 0.6) is 0 Å². The molecule has 0 radical (unpaired) electrons. The number of benzene rings is 1. The molecule has 116 valence electrons. The van der Waals surface area contributed by atoms with Crippen LogP contribution in [-0.2, 0) is 16.1 Å². The molecule has 0 aliphatic rings. The summed E-state index contributed by atoms with van der Waals surface area (Å²) in [5.74, 6) is -0.123. The second-order valence-electron chi connectivity index (χ2n) is 5.18. The summed E-state index contributed by atoms with van der Waals surface area (Å²) in [5.41, 5.74) is 1.49. The van der Waals surface area contributed by atoms with Crippen LogP contribution in [0.25, 0.3) is 0 Å². The van der Waals surface area contributed by atoms with Crippen LogP contribution in [0.1, 0.15) is 55.5 Å². The average molecular weight is 291 g/mol. The molecule has 0 aliphatic heterocycles. The second-order valence-corrected chi connectivity index (χ2v) is 5.18. The van der Waals surface area contributed by atoms with Crippen molar-refractivity contribution in [3.8, 4) is 0 Å². The van der Waals surface area contributed by atoms with E-state index in [0.29, 0.717) is 12.1 Å². The predicted molar refractivity (Wildman–Crippen MR) is 82.9 cm³/mol. The van der Waals surface area contributed by atoms with Gasteiger partial charge in [-0.15, -0.1) is 0 Å². The van der Waals surface area contributed by atoms with Gasteiger partial charge in [-0.2, -0.15) is 0 Å². The molecule has 0 heterocycles. The lowest BCUT2D eigenvalue weighted by atomic mass is 9.97. The van der Waals surface area contributed by atoms with E-state index in [4.69, 9.17) is 0 Å². The minimum atomic E-state index is -0.350. The van der Waals surface area contributed by atoms with Crippen LogP contribution in [0.15, 0.2) is 24.3 Å². The third-order valence-corrected chi connectivity index (χ3v) is 3.49. The van der Waals surface area contributed by atoms with Gasteiger partial charge in [0, 0.05) is 12.5 Å². The van der Waals surface area contributed by atoms with Crippen molar-refractivity contribution in [2.45, 2.75) is 46.1 Å². The van der Waals surface area contributed by atoms with Crippen LogP contribution in [0.4, 0.5) is 0 Å². The normalized spacial score (nSPS) is 10.5. The Morgan fingerprint density at radius 1 is 1.10 bits per heavy atom. The summed E-state index contributed by atoms with van der Waals surface area (Å²) in [6, 6.07) is 7.09. The van der Waals surface area contributed by atoms with Gasteiger partial charge in [-0.05, 0) is 30.5 Å². The van der Waals surface area contributed by atoms with Gasteiger partial charge in [0.05, 0.1) is 12.7 Å². The van der Waals surface area contributed by atoms with E-state index in [-0.39, 0.29) is 17.8 Å². The van der Waals surface area contributed by atoms with Crippen molar-refractivity contribution in [2.75, 3.05) is 7.11 Å². The van der Waals surface area contributed by atoms with Gasteiger partial charge in [-0.25, -0.2) is 4.79 Å². The van der Waals surface area contributed by atoms with E-state index < -0.39 is 0 Å². The van der Waals surface area contributed by atoms with E-state index >= 15 is 0 Å². The van der Waals surface area contributed by atoms with E-state index in [1.807, 2.05) is 12.1 Å². The first-order valence-corrected chi connectivity index (χ1v) is 7.57. The van der Waals surface area contributed by atoms with Crippen molar-refractivity contribution in [2.24, 2.45) is 5.92 Å². The Morgan fingerprint density at radius 3 is 2.14 bits per heavy atom. The maximum absolute atomic E-state index is 12.1. The van der Waals surface area contributed by atoms with Crippen molar-refractivity contribution in [1.29, 1.82) is 0 Å². The summed E-state index contributed by atoms with van der Waals surface area (Å²) in [4.78, 5) is 23.5. The van der Waals surface area contributed by atoms with Gasteiger partial charge < -0.3 is 10.1 Å². The third-order valence-electron chi connectivity index (χ3n) is 3.49. The fraction of sp³-hybridized carbons (Fsp3) is 0.529. The zero-order chi connectivity index (χ0) is 15.7. The molecule has 0 saturated heterocycles. The third kappa shape index (κ3) is 5.58. The highest BCUT2D eigenvalue weighted by molar-refractivity contribution is 5.89. The van der Waals surface area contributed by atoms with Crippen LogP contribution < -0.4 is 5.32 Å². The topological polar surface area (TPSA) is 55.4 Å². The lowest BCUT2D eigenvalue weighted by molar-refractivity contribution is -0.125. The van der Waals surface area contributed by atoms with Crippen molar-refractivity contribution in [3.05, 3.63) is 35.4 Å². The molecule has 0 bridgehead atoms. The summed E-state index contributed by atoms with van der Waals surface area (Å²) >= 11 is 0. The summed E-state index contributed by atoms with van der Waals surface area (Å²) in [7, 11) is 1.36. The quantitative estimate of drug-likeness (QED) is 0.748. The molecule has 0 unspecified atom stereocenters. The molecule has 0 atom stereocenters. The fourth-order valence-electron chi connectivity index (χ4n) is 2.31. The van der Waals surface area contributed by atoms with Gasteiger partial charge in [0.2, 0.25) is 5.91 Å². The maximum atomic E-state index is 12.1. The van der Waals surface area contributed by atoms with Crippen molar-refractivity contribution in [3.63, 3.8) is 0 Å². The molecule has 1 aromatic rings. The maximum Gasteiger partial charge on any atom is 0.337 e. The first-order valence-electron chi connectivity index (χ1n) is 7.57. The molecular formula is C17H25NO3. The Morgan fingerprint density at radius 2 is 1.67 bits per heavy atom. The van der Waals surface area contributed by atoms with Crippen LogP contribution in [0.3, 0.4) is 0 Å². The van der Waals surface area contributed by atoms with E-state index in [1.165, 1.54) is 7.11 Å². The Kier molecular flexibility index (Phi) is 7.51. The van der Waals surface area contributed by atoms with Crippen molar-refractivity contribution < 1.29 is 14.3 Å². The van der Waals surface area contributed by atoms with E-state index in [1.54, 1.807) is 12.1 Å². The fourth-order valence-corrected chi connectivity index (χ4v) is 2.31. The number of esters is 1. The number of hydrogen-bond acceptors (Lipinski definition) is 3. The van der Waals surface area contributed by atoms with Crippen LogP contribution >= 0.6 is 0 Å². The van der Waals surface area contributed by atoms with Crippen LogP contribution in [-0.4, -0.2) is 19.0 Å². The molecule has 0 saturated carbocycles. The van der Waals surface area contributed by atoms with Gasteiger partial charge >= 0.3 is 5.97 Å². The Labute approximate surface area is 126 Å². The van der Waals surface area contributed by atoms with Gasteiger partial charge in [-0.3, -0.25) is 4.79 Å². The minimum Gasteiger partial charge on any atom is -0.465 e. The molecule has 1 N–H and O–H groups in total. The lowest BCUT2D eigenvalue weighted by Crippen LogP contribution is -2.30. The Balaban J connectivity index is 2.53. The van der Waals surface area contributed by atoms with E-state index in [0.717, 1.165) is 31.2 Å². The predicted octanol–water partition coefficient (Wildman–Crippen LogP) is 3.31. The largest absolute Gasteiger partial charge is 0.465 e. The lowest BCUT2D eigenvalue weighted by Gasteiger charge is -2.15. The molecule has 1 rings (SSSR count). The van der Waals surface area contributed by atoms with Gasteiger partial charge in [-0.1, -0.05) is 38.8 Å². The number of hydrogen-bond donors (Lipinski definition) is 1. The zero-order valence-electron chi connectivity index (χ0n) is 13.1. The highest BCUT2D eigenvalue weighted by Gasteiger charge is 2.16. The highest BCUT2D eigenvalue weighted by Crippen LogP contribution is 2.14. The smallest absolute Gasteiger partial charge is 0.337 e. The van der Waals surface area contributed by atoms with E-state index in [9.17, 15) is 9.59 Å². The summed E-state index contributed by atoms with van der Waals surface area (Å²) in [5, 5.41) is 2.98. The number of ether oxygens (including phenoxy) is 1. The number of nitrogens with one attached hydrogen (secondary N) is 1. The second kappa shape index (κ2) is 9.16. The Bertz CT molecular complexity index is 448. The number of methoxy groups -OCH3 is 1. The molecule has 0 spiro atoms. The van der Waals surface area contributed by atoms with Crippen molar-refractivity contribution >= 4 is 11.9 Å². The highest BCUT2D eigenvalue weighted by atomic mass is 16.5. The molecule has 4 nitrogen and oxygen atoms in total. The van der Waals surface area contributed by atoms with Gasteiger partial charge in [0.15, 0.2) is 0 Å². The van der Waals surface area contributed by atoms with E-state index in [2.05, 4.69) is 23.9 Å². The molecule has 0 aromatic heterocycles. The molecule has 1 aromatic carbocycles. The van der Waals surface area contributed by atoms with Gasteiger partial charge in [0.25, 0.3) is 0 Å². The van der Waals surface area contributed by atoms with Crippen molar-refractivity contribution in [1.82, 2.24) is 5.32 Å². The van der Waals surface area contributed by atoms with Gasteiger partial charge in [0.1, 0.15) is 0 Å². The summed E-state index contributed by atoms with van der Waals surface area (Å²) in [6.45, 7) is 4.69. The summed E-state index contributed by atoms with van der Waals surface area (Å²) < 4.78 is 4.65. The Hall–Kier alpha value is -1.84. The zero-order valence-corrected chi connectivity index (χ0v) is 13.1. The molecule has 0 aliphatic carbocycles. The molecule has 1 amide bonds. The number of rotatable bonds is 8. The van der Waals surface area contributed by atoms with Crippen LogP contribution in [0.2, 0.25) is 0 Å². The number of carbonyl (C=O) groups excluding carboxylic acids is 2. The SMILES string of the molecule is CCCC(CCC)C(=O)NCc1ccc(C(=O)OC)cc1. The first-order chi connectivity index (χ1) is 10.1.